The third-order valence-corrected chi connectivity index (χ3v) is 4.96. The number of aromatic amines is 1. The number of amides is 1. The Hall–Kier alpha value is -3.20. The summed E-state index contributed by atoms with van der Waals surface area (Å²) < 4.78 is 1.90. The summed E-state index contributed by atoms with van der Waals surface area (Å²) in [6, 6.07) is 12.7. The quantitative estimate of drug-likeness (QED) is 0.501. The van der Waals surface area contributed by atoms with Crippen LogP contribution in [0.3, 0.4) is 0 Å². The molecule has 4 heterocycles. The third-order valence-electron chi connectivity index (χ3n) is 4.32. The van der Waals surface area contributed by atoms with E-state index in [-0.39, 0.29) is 11.9 Å². The fourth-order valence-corrected chi connectivity index (χ4v) is 3.39. The molecule has 0 spiro atoms. The van der Waals surface area contributed by atoms with Gasteiger partial charge >= 0.3 is 0 Å². The van der Waals surface area contributed by atoms with Crippen LogP contribution in [-0.2, 0) is 0 Å². The van der Waals surface area contributed by atoms with Crippen LogP contribution in [0.5, 0.6) is 0 Å². The first-order valence-electron chi connectivity index (χ1n) is 8.82. The van der Waals surface area contributed by atoms with Crippen LogP contribution in [0, 0.1) is 0 Å². The standard InChI is InChI=1S/C19H19N7OS/c1-28-11-8-14(18-25-24-17-7-3-5-10-26(17)18)21-19(27)16-12-15(22-23-16)13-6-2-4-9-20-13/h2-7,9-10,12,14H,8,11H2,1H3,(H,21,27)(H,22,23)/t14-/m0/s1. The van der Waals surface area contributed by atoms with Gasteiger partial charge in [-0.15, -0.1) is 10.2 Å². The Kier molecular flexibility index (Phi) is 5.34. The van der Waals surface area contributed by atoms with E-state index in [0.29, 0.717) is 22.9 Å². The van der Waals surface area contributed by atoms with Gasteiger partial charge in [0.1, 0.15) is 11.4 Å². The molecular weight excluding hydrogens is 374 g/mol. The number of carbonyl (C=O) groups excluding carboxylic acids is 1. The Morgan fingerprint density at radius 1 is 1.21 bits per heavy atom. The predicted octanol–water partition coefficient (Wildman–Crippen LogP) is 2.74. The lowest BCUT2D eigenvalue weighted by Gasteiger charge is -2.16. The maximum absolute atomic E-state index is 12.8. The third kappa shape index (κ3) is 3.74. The fraction of sp³-hybridized carbons (Fsp3) is 0.211. The Bertz CT molecular complexity index is 1080. The summed E-state index contributed by atoms with van der Waals surface area (Å²) in [5.41, 5.74) is 2.46. The van der Waals surface area contributed by atoms with Crippen LogP contribution in [0.1, 0.15) is 28.8 Å². The number of thioether (sulfide) groups is 1. The summed E-state index contributed by atoms with van der Waals surface area (Å²) in [5.74, 6) is 1.35. The van der Waals surface area contributed by atoms with Gasteiger partial charge in [-0.2, -0.15) is 16.9 Å². The molecule has 4 rings (SSSR count). The smallest absolute Gasteiger partial charge is 0.269 e. The van der Waals surface area contributed by atoms with Crippen molar-refractivity contribution in [1.82, 2.24) is 35.1 Å². The molecule has 0 radical (unpaired) electrons. The van der Waals surface area contributed by atoms with Crippen molar-refractivity contribution < 1.29 is 4.79 Å². The Labute approximate surface area is 165 Å². The van der Waals surface area contributed by atoms with Crippen LogP contribution >= 0.6 is 11.8 Å². The minimum Gasteiger partial charge on any atom is -0.341 e. The van der Waals surface area contributed by atoms with Crippen molar-refractivity contribution in [2.24, 2.45) is 0 Å². The molecule has 0 aliphatic carbocycles. The molecule has 0 bridgehead atoms. The number of nitrogens with zero attached hydrogens (tertiary/aromatic N) is 5. The highest BCUT2D eigenvalue weighted by atomic mass is 32.2. The lowest BCUT2D eigenvalue weighted by Crippen LogP contribution is -2.30. The molecule has 0 saturated heterocycles. The summed E-state index contributed by atoms with van der Waals surface area (Å²) in [4.78, 5) is 17.1. The van der Waals surface area contributed by atoms with Crippen LogP contribution < -0.4 is 5.32 Å². The van der Waals surface area contributed by atoms with E-state index in [0.717, 1.165) is 17.8 Å². The molecule has 1 atom stereocenters. The van der Waals surface area contributed by atoms with Crippen LogP contribution in [0.4, 0.5) is 0 Å². The van der Waals surface area contributed by atoms with E-state index in [9.17, 15) is 4.79 Å². The van der Waals surface area contributed by atoms with E-state index in [4.69, 9.17) is 0 Å². The second-order valence-electron chi connectivity index (χ2n) is 6.18. The van der Waals surface area contributed by atoms with Crippen molar-refractivity contribution in [2.45, 2.75) is 12.5 Å². The van der Waals surface area contributed by atoms with Crippen LogP contribution in [0.25, 0.3) is 17.0 Å². The minimum absolute atomic E-state index is 0.242. The number of H-pyrrole nitrogens is 1. The van der Waals surface area contributed by atoms with E-state index >= 15 is 0 Å². The van der Waals surface area contributed by atoms with E-state index in [1.807, 2.05) is 53.3 Å². The van der Waals surface area contributed by atoms with E-state index < -0.39 is 0 Å². The molecule has 0 aliphatic rings. The molecule has 0 aliphatic heterocycles. The van der Waals surface area contributed by atoms with Crippen molar-refractivity contribution >= 4 is 23.3 Å². The van der Waals surface area contributed by atoms with Gasteiger partial charge in [0.15, 0.2) is 11.5 Å². The number of pyridine rings is 2. The largest absolute Gasteiger partial charge is 0.341 e. The summed E-state index contributed by atoms with van der Waals surface area (Å²) in [6.07, 6.45) is 6.37. The van der Waals surface area contributed by atoms with Gasteiger partial charge < -0.3 is 5.32 Å². The molecule has 8 nitrogen and oxygen atoms in total. The molecule has 1 amide bonds. The summed E-state index contributed by atoms with van der Waals surface area (Å²) in [5, 5.41) is 18.6. The highest BCUT2D eigenvalue weighted by Gasteiger charge is 2.22. The molecule has 0 aromatic carbocycles. The molecule has 142 valence electrons. The van der Waals surface area contributed by atoms with Crippen LogP contribution in [-0.4, -0.2) is 47.7 Å². The highest BCUT2D eigenvalue weighted by Crippen LogP contribution is 2.20. The van der Waals surface area contributed by atoms with Crippen molar-refractivity contribution in [2.75, 3.05) is 12.0 Å². The molecule has 9 heteroatoms. The molecule has 4 aromatic heterocycles. The summed E-state index contributed by atoms with van der Waals surface area (Å²) in [7, 11) is 0. The Morgan fingerprint density at radius 2 is 2.11 bits per heavy atom. The molecule has 2 N–H and O–H groups in total. The van der Waals surface area contributed by atoms with Gasteiger partial charge in [-0.05, 0) is 48.8 Å². The Morgan fingerprint density at radius 3 is 2.93 bits per heavy atom. The van der Waals surface area contributed by atoms with Gasteiger partial charge in [0.05, 0.1) is 11.7 Å². The fourth-order valence-electron chi connectivity index (χ4n) is 2.92. The second-order valence-corrected chi connectivity index (χ2v) is 7.16. The molecule has 0 saturated carbocycles. The first kappa shape index (κ1) is 18.2. The molecular formula is C19H19N7OS. The maximum Gasteiger partial charge on any atom is 0.269 e. The van der Waals surface area contributed by atoms with E-state index in [1.54, 1.807) is 24.0 Å². The topological polar surface area (TPSA) is 101 Å². The molecule has 4 aromatic rings. The van der Waals surface area contributed by atoms with Gasteiger partial charge in [-0.25, -0.2) is 0 Å². The van der Waals surface area contributed by atoms with Crippen molar-refractivity contribution in [3.05, 3.63) is 66.4 Å². The number of hydrogen-bond acceptors (Lipinski definition) is 6. The summed E-state index contributed by atoms with van der Waals surface area (Å²) >= 11 is 1.72. The van der Waals surface area contributed by atoms with Gasteiger partial charge in [-0.3, -0.25) is 19.3 Å². The van der Waals surface area contributed by atoms with Gasteiger partial charge in [0.25, 0.3) is 5.91 Å². The zero-order chi connectivity index (χ0) is 19.3. The Balaban J connectivity index is 1.57. The SMILES string of the molecule is CSCC[C@H](NC(=O)c1cc(-c2ccccn2)n[nH]1)c1nnc2ccccn12. The first-order valence-corrected chi connectivity index (χ1v) is 10.2. The minimum atomic E-state index is -0.265. The van der Waals surface area contributed by atoms with E-state index in [1.165, 1.54) is 0 Å². The normalized spacial score (nSPS) is 12.2. The summed E-state index contributed by atoms with van der Waals surface area (Å²) in [6.45, 7) is 0. The number of rotatable bonds is 7. The van der Waals surface area contributed by atoms with Crippen molar-refractivity contribution in [3.63, 3.8) is 0 Å². The lowest BCUT2D eigenvalue weighted by atomic mass is 10.2. The molecule has 0 unspecified atom stereocenters. The van der Waals surface area contributed by atoms with Crippen LogP contribution in [0.15, 0.2) is 54.9 Å². The van der Waals surface area contributed by atoms with Crippen molar-refractivity contribution in [3.8, 4) is 11.4 Å². The van der Waals surface area contributed by atoms with Crippen molar-refractivity contribution in [1.29, 1.82) is 0 Å². The average molecular weight is 393 g/mol. The van der Waals surface area contributed by atoms with E-state index in [2.05, 4.69) is 30.7 Å². The number of aromatic nitrogens is 6. The van der Waals surface area contributed by atoms with Gasteiger partial charge in [0.2, 0.25) is 0 Å². The number of nitrogens with one attached hydrogen (secondary N) is 2. The number of hydrogen-bond donors (Lipinski definition) is 2. The zero-order valence-corrected chi connectivity index (χ0v) is 16.1. The highest BCUT2D eigenvalue weighted by molar-refractivity contribution is 7.98. The van der Waals surface area contributed by atoms with Gasteiger partial charge in [-0.1, -0.05) is 12.1 Å². The number of carbonyl (C=O) groups is 1. The number of fused-ring (bicyclic) bond motifs is 1. The maximum atomic E-state index is 12.8. The predicted molar refractivity (Wildman–Crippen MR) is 108 cm³/mol. The lowest BCUT2D eigenvalue weighted by molar-refractivity contribution is 0.0928. The zero-order valence-electron chi connectivity index (χ0n) is 15.2. The first-order chi connectivity index (χ1) is 13.8. The molecule has 28 heavy (non-hydrogen) atoms. The van der Waals surface area contributed by atoms with Crippen LogP contribution in [0.2, 0.25) is 0 Å². The van der Waals surface area contributed by atoms with Gasteiger partial charge in [0, 0.05) is 12.4 Å². The average Bonchev–Trinajstić information content (AvgIpc) is 3.39. The second kappa shape index (κ2) is 8.22. The monoisotopic (exact) mass is 393 g/mol. The molecule has 0 fully saturated rings.